The lowest BCUT2D eigenvalue weighted by Gasteiger charge is -2.30. The highest BCUT2D eigenvalue weighted by Gasteiger charge is 2.38. The lowest BCUT2D eigenvalue weighted by molar-refractivity contribution is -0.149. The molecule has 0 bridgehead atoms. The van der Waals surface area contributed by atoms with Gasteiger partial charge in [0.25, 0.3) is 0 Å². The van der Waals surface area contributed by atoms with E-state index in [1.165, 1.54) is 24.0 Å². The van der Waals surface area contributed by atoms with E-state index in [9.17, 15) is 29.4 Å². The van der Waals surface area contributed by atoms with Crippen molar-refractivity contribution in [2.45, 2.75) is 70.6 Å². The first-order chi connectivity index (χ1) is 15.5. The zero-order valence-electron chi connectivity index (χ0n) is 19.3. The summed E-state index contributed by atoms with van der Waals surface area (Å²) in [6, 6.07) is 2.51. The summed E-state index contributed by atoms with van der Waals surface area (Å²) < 4.78 is 0. The first-order valence-corrected chi connectivity index (χ1v) is 11.2. The number of hydrogen-bond donors (Lipinski definition) is 5. The third kappa shape index (κ3) is 6.92. The molecule has 1 aromatic carbocycles. The largest absolute Gasteiger partial charge is 0.508 e. The van der Waals surface area contributed by atoms with E-state index in [1.54, 1.807) is 12.1 Å². The number of amides is 3. The molecule has 0 spiro atoms. The van der Waals surface area contributed by atoms with Crippen molar-refractivity contribution in [3.63, 3.8) is 0 Å². The van der Waals surface area contributed by atoms with Crippen LogP contribution in [0.5, 0.6) is 5.75 Å². The summed E-state index contributed by atoms with van der Waals surface area (Å²) in [5.41, 5.74) is 6.31. The van der Waals surface area contributed by atoms with Crippen molar-refractivity contribution >= 4 is 23.7 Å². The molecule has 1 aliphatic heterocycles. The molecular formula is C23H34N4O6. The molecule has 3 amide bonds. The summed E-state index contributed by atoms with van der Waals surface area (Å²) in [5, 5.41) is 24.4. The van der Waals surface area contributed by atoms with Gasteiger partial charge in [0.05, 0.1) is 6.04 Å². The second-order valence-corrected chi connectivity index (χ2v) is 8.62. The van der Waals surface area contributed by atoms with E-state index in [0.717, 1.165) is 0 Å². The van der Waals surface area contributed by atoms with Crippen LogP contribution in [0.2, 0.25) is 0 Å². The molecule has 0 aromatic heterocycles. The molecule has 0 saturated carbocycles. The van der Waals surface area contributed by atoms with Gasteiger partial charge in [0.15, 0.2) is 0 Å². The van der Waals surface area contributed by atoms with Gasteiger partial charge >= 0.3 is 5.97 Å². The predicted octanol–water partition coefficient (Wildman–Crippen LogP) is 0.373. The summed E-state index contributed by atoms with van der Waals surface area (Å²) in [6.07, 6.45) is 1.60. The third-order valence-electron chi connectivity index (χ3n) is 6.02. The van der Waals surface area contributed by atoms with E-state index in [-0.39, 0.29) is 24.6 Å². The lowest BCUT2D eigenvalue weighted by Crippen LogP contribution is -2.58. The number of phenolic OH excluding ortho intramolecular Hbond substituents is 1. The highest BCUT2D eigenvalue weighted by atomic mass is 16.4. The lowest BCUT2D eigenvalue weighted by atomic mass is 9.96. The van der Waals surface area contributed by atoms with Crippen LogP contribution in [0.4, 0.5) is 0 Å². The first kappa shape index (κ1) is 26.1. The van der Waals surface area contributed by atoms with E-state index in [2.05, 4.69) is 10.6 Å². The summed E-state index contributed by atoms with van der Waals surface area (Å²) in [4.78, 5) is 51.6. The van der Waals surface area contributed by atoms with Gasteiger partial charge in [0, 0.05) is 13.0 Å². The SMILES string of the molecule is CCC(C)C(NC(=O)C(C)N)C(=O)NC(Cc1ccc(O)cc1)C(=O)N1CCCC1C(=O)O. The Kier molecular flexibility index (Phi) is 9.22. The molecule has 1 saturated heterocycles. The average molecular weight is 463 g/mol. The van der Waals surface area contributed by atoms with Crippen molar-refractivity contribution in [2.75, 3.05) is 6.54 Å². The van der Waals surface area contributed by atoms with Crippen LogP contribution >= 0.6 is 0 Å². The van der Waals surface area contributed by atoms with Crippen molar-refractivity contribution in [3.05, 3.63) is 29.8 Å². The molecule has 1 aliphatic rings. The van der Waals surface area contributed by atoms with E-state index in [4.69, 9.17) is 5.73 Å². The molecule has 6 N–H and O–H groups in total. The molecule has 1 fully saturated rings. The van der Waals surface area contributed by atoms with Crippen LogP contribution in [0.15, 0.2) is 24.3 Å². The number of nitrogens with zero attached hydrogens (tertiary/aromatic N) is 1. The molecule has 10 nitrogen and oxygen atoms in total. The van der Waals surface area contributed by atoms with Crippen LogP contribution in [0.1, 0.15) is 45.6 Å². The number of nitrogens with two attached hydrogens (primary N) is 1. The summed E-state index contributed by atoms with van der Waals surface area (Å²) in [6.45, 7) is 5.48. The predicted molar refractivity (Wildman–Crippen MR) is 121 cm³/mol. The Morgan fingerprint density at radius 1 is 1.12 bits per heavy atom. The molecule has 1 heterocycles. The topological polar surface area (TPSA) is 162 Å². The number of rotatable bonds is 10. The second-order valence-electron chi connectivity index (χ2n) is 8.62. The number of likely N-dealkylation sites (tertiary alicyclic amines) is 1. The second kappa shape index (κ2) is 11.6. The van der Waals surface area contributed by atoms with E-state index >= 15 is 0 Å². The number of carbonyl (C=O) groups is 4. The molecule has 1 aromatic rings. The van der Waals surface area contributed by atoms with Gasteiger partial charge in [-0.15, -0.1) is 0 Å². The minimum absolute atomic E-state index is 0.0617. The normalized spacial score (nSPS) is 19.3. The number of phenols is 1. The summed E-state index contributed by atoms with van der Waals surface area (Å²) in [5.74, 6) is -2.77. The number of hydrogen-bond acceptors (Lipinski definition) is 6. The van der Waals surface area contributed by atoms with Gasteiger partial charge in [-0.3, -0.25) is 14.4 Å². The molecule has 0 aliphatic carbocycles. The maximum atomic E-state index is 13.4. The van der Waals surface area contributed by atoms with Gasteiger partial charge in [0.2, 0.25) is 17.7 Å². The monoisotopic (exact) mass is 462 g/mol. The van der Waals surface area contributed by atoms with Crippen LogP contribution in [0.25, 0.3) is 0 Å². The van der Waals surface area contributed by atoms with Crippen molar-refractivity contribution in [2.24, 2.45) is 11.7 Å². The summed E-state index contributed by atoms with van der Waals surface area (Å²) >= 11 is 0. The highest BCUT2D eigenvalue weighted by molar-refractivity contribution is 5.94. The molecule has 0 radical (unpaired) electrons. The third-order valence-corrected chi connectivity index (χ3v) is 6.02. The van der Waals surface area contributed by atoms with Gasteiger partial charge in [-0.05, 0) is 43.4 Å². The van der Waals surface area contributed by atoms with Crippen molar-refractivity contribution in [1.82, 2.24) is 15.5 Å². The van der Waals surface area contributed by atoms with Gasteiger partial charge in [-0.25, -0.2) is 4.79 Å². The van der Waals surface area contributed by atoms with Crippen molar-refractivity contribution < 1.29 is 29.4 Å². The number of carboxylic acids is 1. The minimum Gasteiger partial charge on any atom is -0.508 e. The Morgan fingerprint density at radius 3 is 2.30 bits per heavy atom. The fraction of sp³-hybridized carbons (Fsp3) is 0.565. The van der Waals surface area contributed by atoms with Crippen LogP contribution < -0.4 is 16.4 Å². The molecule has 2 rings (SSSR count). The average Bonchev–Trinajstić information content (AvgIpc) is 3.27. The first-order valence-electron chi connectivity index (χ1n) is 11.2. The van der Waals surface area contributed by atoms with Crippen LogP contribution in [-0.2, 0) is 25.6 Å². The van der Waals surface area contributed by atoms with E-state index < -0.39 is 47.9 Å². The zero-order valence-corrected chi connectivity index (χ0v) is 19.3. The molecule has 10 heteroatoms. The highest BCUT2D eigenvalue weighted by Crippen LogP contribution is 2.20. The zero-order chi connectivity index (χ0) is 24.7. The standard InChI is InChI=1S/C23H34N4O6/c1-4-13(2)19(26-20(29)14(3)24)21(30)25-17(12-15-7-9-16(28)10-8-15)22(31)27-11-5-6-18(27)23(32)33/h7-10,13-14,17-19,28H,4-6,11-12,24H2,1-3H3,(H,25,30)(H,26,29)(H,32,33). The maximum Gasteiger partial charge on any atom is 0.326 e. The summed E-state index contributed by atoms with van der Waals surface area (Å²) in [7, 11) is 0. The Labute approximate surface area is 193 Å². The molecule has 182 valence electrons. The van der Waals surface area contributed by atoms with Crippen LogP contribution in [-0.4, -0.2) is 69.5 Å². The van der Waals surface area contributed by atoms with Gasteiger partial charge < -0.3 is 31.5 Å². The Balaban J connectivity index is 2.29. The number of aliphatic carboxylic acids is 1. The fourth-order valence-corrected chi connectivity index (χ4v) is 3.80. The van der Waals surface area contributed by atoms with Crippen LogP contribution in [0.3, 0.4) is 0 Å². The smallest absolute Gasteiger partial charge is 0.326 e. The van der Waals surface area contributed by atoms with Crippen molar-refractivity contribution in [1.29, 1.82) is 0 Å². The minimum atomic E-state index is -1.09. The van der Waals surface area contributed by atoms with Gasteiger partial charge in [0.1, 0.15) is 23.9 Å². The Hall–Kier alpha value is -3.14. The number of carbonyl (C=O) groups excluding carboxylic acids is 3. The van der Waals surface area contributed by atoms with E-state index in [0.29, 0.717) is 24.8 Å². The maximum absolute atomic E-state index is 13.4. The molecule has 5 unspecified atom stereocenters. The Morgan fingerprint density at radius 2 is 1.76 bits per heavy atom. The molecule has 5 atom stereocenters. The molecule has 33 heavy (non-hydrogen) atoms. The quantitative estimate of drug-likeness (QED) is 0.335. The number of aromatic hydroxyl groups is 1. The van der Waals surface area contributed by atoms with Crippen LogP contribution in [0, 0.1) is 5.92 Å². The van der Waals surface area contributed by atoms with E-state index in [1.807, 2.05) is 13.8 Å². The van der Waals surface area contributed by atoms with Gasteiger partial charge in [-0.1, -0.05) is 32.4 Å². The molecular weight excluding hydrogens is 428 g/mol. The number of carboxylic acid groups (broad SMARTS) is 1. The number of nitrogens with one attached hydrogen (secondary N) is 2. The van der Waals surface area contributed by atoms with Crippen molar-refractivity contribution in [3.8, 4) is 5.75 Å². The fourth-order valence-electron chi connectivity index (χ4n) is 3.80. The Bertz CT molecular complexity index is 857. The number of benzene rings is 1. The van der Waals surface area contributed by atoms with Gasteiger partial charge in [-0.2, -0.15) is 0 Å².